The fraction of sp³-hybridized carbons (Fsp3) is 0.231. The van der Waals surface area contributed by atoms with Gasteiger partial charge in [0.2, 0.25) is 15.9 Å². The molecule has 7 nitrogen and oxygen atoms in total. The molecule has 3 aromatic rings. The highest BCUT2D eigenvalue weighted by molar-refractivity contribution is 7.89. The van der Waals surface area contributed by atoms with Gasteiger partial charge >= 0.3 is 0 Å². The Hall–Kier alpha value is -3.49. The summed E-state index contributed by atoms with van der Waals surface area (Å²) >= 11 is 0. The molecule has 4 rings (SSSR count). The molecule has 1 saturated heterocycles. The molecule has 34 heavy (non-hydrogen) atoms. The van der Waals surface area contributed by atoms with E-state index in [1.54, 1.807) is 36.4 Å². The molecule has 8 heteroatoms. The number of piperidine rings is 1. The molecular weight excluding hydrogens is 452 g/mol. The average molecular weight is 479 g/mol. The van der Waals surface area contributed by atoms with Crippen molar-refractivity contribution in [3.8, 4) is 11.5 Å². The summed E-state index contributed by atoms with van der Waals surface area (Å²) in [5.41, 5.74) is 1.01. The van der Waals surface area contributed by atoms with Crippen LogP contribution in [0.5, 0.6) is 11.5 Å². The maximum absolute atomic E-state index is 13.0. The fourth-order valence-electron chi connectivity index (χ4n) is 3.86. The molecule has 0 spiro atoms. The van der Waals surface area contributed by atoms with Crippen LogP contribution in [0.2, 0.25) is 0 Å². The zero-order chi connectivity index (χ0) is 24.1. The molecule has 1 heterocycles. The van der Waals surface area contributed by atoms with Crippen LogP contribution < -0.4 is 10.1 Å². The van der Waals surface area contributed by atoms with Crippen molar-refractivity contribution in [3.05, 3.63) is 84.4 Å². The third-order valence-corrected chi connectivity index (χ3v) is 7.70. The molecule has 0 aliphatic carbocycles. The Morgan fingerprint density at radius 1 is 0.882 bits per heavy atom. The van der Waals surface area contributed by atoms with E-state index in [1.165, 1.54) is 23.4 Å². The van der Waals surface area contributed by atoms with Gasteiger partial charge in [-0.05, 0) is 68.3 Å². The number of hydrogen-bond acceptors (Lipinski definition) is 5. The van der Waals surface area contributed by atoms with Gasteiger partial charge in [0.1, 0.15) is 11.5 Å². The Morgan fingerprint density at radius 3 is 2.18 bits per heavy atom. The lowest BCUT2D eigenvalue weighted by atomic mass is 9.97. The molecule has 1 aliphatic heterocycles. The van der Waals surface area contributed by atoms with Crippen LogP contribution in [0.4, 0.5) is 5.69 Å². The molecule has 1 N–H and O–H groups in total. The van der Waals surface area contributed by atoms with Gasteiger partial charge in [-0.15, -0.1) is 0 Å². The number of nitrogens with one attached hydrogen (secondary N) is 1. The van der Waals surface area contributed by atoms with Gasteiger partial charge in [-0.1, -0.05) is 30.3 Å². The summed E-state index contributed by atoms with van der Waals surface area (Å²) in [5, 5.41) is 2.91. The van der Waals surface area contributed by atoms with Crippen molar-refractivity contribution in [2.75, 3.05) is 18.4 Å². The maximum Gasteiger partial charge on any atom is 0.243 e. The summed E-state index contributed by atoms with van der Waals surface area (Å²) in [6, 6.07) is 22.6. The predicted octanol–water partition coefficient (Wildman–Crippen LogP) is 4.72. The zero-order valence-electron chi connectivity index (χ0n) is 18.8. The van der Waals surface area contributed by atoms with Crippen molar-refractivity contribution >= 4 is 27.4 Å². The van der Waals surface area contributed by atoms with Gasteiger partial charge < -0.3 is 10.1 Å². The number of rotatable bonds is 7. The van der Waals surface area contributed by atoms with Crippen LogP contribution in [-0.2, 0) is 14.8 Å². The van der Waals surface area contributed by atoms with E-state index in [9.17, 15) is 18.0 Å². The van der Waals surface area contributed by atoms with Gasteiger partial charge in [0.05, 0.1) is 4.90 Å². The number of amides is 1. The van der Waals surface area contributed by atoms with Gasteiger partial charge in [-0.3, -0.25) is 9.59 Å². The second kappa shape index (κ2) is 10.2. The monoisotopic (exact) mass is 478 g/mol. The van der Waals surface area contributed by atoms with E-state index < -0.39 is 10.0 Å². The SMILES string of the molecule is CC(=O)c1cccc(S(=O)(=O)N2CCC(C(=O)Nc3ccc(Oc4ccccc4)cc3)CC2)c1. The van der Waals surface area contributed by atoms with Crippen LogP contribution in [0, 0.1) is 5.92 Å². The molecule has 176 valence electrons. The number of carbonyl (C=O) groups is 2. The normalized spacial score (nSPS) is 15.0. The van der Waals surface area contributed by atoms with E-state index in [-0.39, 0.29) is 35.6 Å². The van der Waals surface area contributed by atoms with Crippen LogP contribution in [0.15, 0.2) is 83.8 Å². The quantitative estimate of drug-likeness (QED) is 0.496. The second-order valence-corrected chi connectivity index (χ2v) is 10.1. The van der Waals surface area contributed by atoms with Gasteiger partial charge in [-0.2, -0.15) is 4.31 Å². The Kier molecular flexibility index (Phi) is 7.09. The van der Waals surface area contributed by atoms with E-state index in [1.807, 2.05) is 30.3 Å². The highest BCUT2D eigenvalue weighted by Gasteiger charge is 2.32. The lowest BCUT2D eigenvalue weighted by Crippen LogP contribution is -2.41. The van der Waals surface area contributed by atoms with E-state index in [4.69, 9.17) is 4.74 Å². The summed E-state index contributed by atoms with van der Waals surface area (Å²) < 4.78 is 33.1. The molecule has 0 aromatic heterocycles. The molecule has 0 radical (unpaired) electrons. The van der Waals surface area contributed by atoms with Crippen LogP contribution in [0.1, 0.15) is 30.1 Å². The number of para-hydroxylation sites is 1. The second-order valence-electron chi connectivity index (χ2n) is 8.19. The third-order valence-electron chi connectivity index (χ3n) is 5.80. The number of nitrogens with zero attached hydrogens (tertiary/aromatic N) is 1. The Labute approximate surface area is 199 Å². The van der Waals surface area contributed by atoms with Crippen LogP contribution in [-0.4, -0.2) is 37.5 Å². The van der Waals surface area contributed by atoms with Crippen molar-refractivity contribution in [3.63, 3.8) is 0 Å². The molecule has 1 aliphatic rings. The number of carbonyl (C=O) groups excluding carboxylic acids is 2. The van der Waals surface area contributed by atoms with Gasteiger partial charge in [0.15, 0.2) is 5.78 Å². The van der Waals surface area contributed by atoms with Gasteiger partial charge in [0, 0.05) is 30.3 Å². The van der Waals surface area contributed by atoms with E-state index in [0.29, 0.717) is 29.8 Å². The number of ketones is 1. The topological polar surface area (TPSA) is 92.8 Å². The molecule has 1 amide bonds. The summed E-state index contributed by atoms with van der Waals surface area (Å²) in [6.07, 6.45) is 0.847. The lowest BCUT2D eigenvalue weighted by Gasteiger charge is -2.30. The van der Waals surface area contributed by atoms with Gasteiger partial charge in [0.25, 0.3) is 0 Å². The standard InChI is InChI=1S/C26H26N2O5S/c1-19(29)21-6-5-9-25(18-21)34(31,32)28-16-14-20(15-17-28)26(30)27-22-10-12-24(13-11-22)33-23-7-3-2-4-8-23/h2-13,18,20H,14-17H2,1H3,(H,27,30). The number of hydrogen-bond donors (Lipinski definition) is 1. The minimum absolute atomic E-state index is 0.0981. The van der Waals surface area contributed by atoms with Crippen LogP contribution in [0.3, 0.4) is 0 Å². The van der Waals surface area contributed by atoms with Crippen molar-refractivity contribution in [2.24, 2.45) is 5.92 Å². The first kappa shape index (κ1) is 23.7. The molecule has 0 bridgehead atoms. The molecule has 1 fully saturated rings. The largest absolute Gasteiger partial charge is 0.457 e. The van der Waals surface area contributed by atoms with E-state index in [2.05, 4.69) is 5.32 Å². The highest BCUT2D eigenvalue weighted by atomic mass is 32.2. The van der Waals surface area contributed by atoms with Crippen LogP contribution >= 0.6 is 0 Å². The minimum Gasteiger partial charge on any atom is -0.457 e. The molecular formula is C26H26N2O5S. The Bertz CT molecular complexity index is 1270. The van der Waals surface area contributed by atoms with Crippen LogP contribution in [0.25, 0.3) is 0 Å². The van der Waals surface area contributed by atoms with Crippen molar-refractivity contribution in [1.29, 1.82) is 0 Å². The highest BCUT2D eigenvalue weighted by Crippen LogP contribution is 2.27. The van der Waals surface area contributed by atoms with Crippen molar-refractivity contribution in [2.45, 2.75) is 24.7 Å². The Balaban J connectivity index is 1.33. The average Bonchev–Trinajstić information content (AvgIpc) is 2.86. The number of benzene rings is 3. The summed E-state index contributed by atoms with van der Waals surface area (Å²) in [7, 11) is -3.72. The maximum atomic E-state index is 13.0. The van der Waals surface area contributed by atoms with Crippen molar-refractivity contribution in [1.82, 2.24) is 4.31 Å². The predicted molar refractivity (Wildman–Crippen MR) is 130 cm³/mol. The summed E-state index contributed by atoms with van der Waals surface area (Å²) in [6.45, 7) is 1.89. The molecule has 0 unspecified atom stereocenters. The lowest BCUT2D eigenvalue weighted by molar-refractivity contribution is -0.120. The number of ether oxygens (including phenoxy) is 1. The number of anilines is 1. The van der Waals surface area contributed by atoms with Crippen molar-refractivity contribution < 1.29 is 22.7 Å². The van der Waals surface area contributed by atoms with Gasteiger partial charge in [-0.25, -0.2) is 8.42 Å². The number of sulfonamides is 1. The number of Topliss-reactive ketones (excluding diaryl/α,β-unsaturated/α-hetero) is 1. The third kappa shape index (κ3) is 5.52. The first-order valence-corrected chi connectivity index (χ1v) is 12.5. The van der Waals surface area contributed by atoms with E-state index in [0.717, 1.165) is 5.75 Å². The Morgan fingerprint density at radius 2 is 1.53 bits per heavy atom. The first-order valence-electron chi connectivity index (χ1n) is 11.1. The molecule has 0 atom stereocenters. The summed E-state index contributed by atoms with van der Waals surface area (Å²) in [4.78, 5) is 24.4. The molecule has 3 aromatic carbocycles. The fourth-order valence-corrected chi connectivity index (χ4v) is 5.37. The van der Waals surface area contributed by atoms with E-state index >= 15 is 0 Å². The minimum atomic E-state index is -3.72. The summed E-state index contributed by atoms with van der Waals surface area (Å²) in [5.74, 6) is 0.792. The molecule has 0 saturated carbocycles. The zero-order valence-corrected chi connectivity index (χ0v) is 19.6. The first-order chi connectivity index (χ1) is 16.3. The smallest absolute Gasteiger partial charge is 0.243 e.